The second-order valence-corrected chi connectivity index (χ2v) is 6.17. The first-order chi connectivity index (χ1) is 8.15. The van der Waals surface area contributed by atoms with Gasteiger partial charge in [0.25, 0.3) is 0 Å². The second kappa shape index (κ2) is 5.85. The highest BCUT2D eigenvalue weighted by Gasteiger charge is 2.07. The lowest BCUT2D eigenvalue weighted by Gasteiger charge is -2.12. The third-order valence-corrected chi connectivity index (χ3v) is 3.65. The molecule has 0 aromatic carbocycles. The number of hydrogen-bond acceptors (Lipinski definition) is 3. The minimum absolute atomic E-state index is 0.207. The first kappa shape index (κ1) is 12.9. The summed E-state index contributed by atoms with van der Waals surface area (Å²) in [4.78, 5) is 5.55. The predicted octanol–water partition coefficient (Wildman–Crippen LogP) is 3.14. The van der Waals surface area contributed by atoms with Crippen LogP contribution >= 0.6 is 22.9 Å². The molecule has 2 aromatic heterocycles. The molecule has 0 aliphatic carbocycles. The summed E-state index contributed by atoms with van der Waals surface area (Å²) in [5.41, 5.74) is 1.07. The Labute approximate surface area is 111 Å². The number of nitrogens with zero attached hydrogens (tertiary/aromatic N) is 2. The lowest BCUT2D eigenvalue weighted by Crippen LogP contribution is -2.24. The molecule has 0 saturated heterocycles. The van der Waals surface area contributed by atoms with E-state index < -0.39 is 0 Å². The highest BCUT2D eigenvalue weighted by Crippen LogP contribution is 2.12. The Kier molecular flexibility index (Phi) is 4.42. The summed E-state index contributed by atoms with van der Waals surface area (Å²) in [6, 6.07) is 0. The van der Waals surface area contributed by atoms with Gasteiger partial charge < -0.3 is 5.32 Å². The summed E-state index contributed by atoms with van der Waals surface area (Å²) in [6.45, 7) is 6.01. The fraction of sp³-hybridized carbons (Fsp3) is 0.583. The molecule has 0 bridgehead atoms. The molecule has 2 heterocycles. The zero-order valence-electron chi connectivity index (χ0n) is 10.2. The number of fused-ring (bicyclic) bond motifs is 1. The molecule has 17 heavy (non-hydrogen) atoms. The van der Waals surface area contributed by atoms with Gasteiger partial charge in [0.1, 0.15) is 0 Å². The quantitative estimate of drug-likeness (QED) is 0.818. The van der Waals surface area contributed by atoms with Crippen molar-refractivity contribution in [2.75, 3.05) is 6.54 Å². The zero-order chi connectivity index (χ0) is 12.3. The molecule has 0 spiro atoms. The van der Waals surface area contributed by atoms with Crippen LogP contribution in [0.1, 0.15) is 26.0 Å². The second-order valence-electron chi connectivity index (χ2n) is 4.68. The van der Waals surface area contributed by atoms with Gasteiger partial charge in [-0.25, -0.2) is 4.98 Å². The van der Waals surface area contributed by atoms with E-state index >= 15 is 0 Å². The van der Waals surface area contributed by atoms with E-state index in [-0.39, 0.29) is 5.38 Å². The molecule has 3 nitrogen and oxygen atoms in total. The minimum atomic E-state index is 0.207. The van der Waals surface area contributed by atoms with Gasteiger partial charge >= 0.3 is 0 Å². The maximum Gasteiger partial charge on any atom is 0.193 e. The van der Waals surface area contributed by atoms with Gasteiger partial charge in [-0.15, -0.1) is 22.9 Å². The SMILES string of the molecule is CC(C)CC(Cl)CNCc1cn2ccsc2n1. The first-order valence-corrected chi connectivity index (χ1v) is 7.22. The van der Waals surface area contributed by atoms with Crippen LogP contribution in [0.2, 0.25) is 0 Å². The lowest BCUT2D eigenvalue weighted by atomic mass is 10.1. The van der Waals surface area contributed by atoms with Gasteiger partial charge in [-0.1, -0.05) is 13.8 Å². The van der Waals surface area contributed by atoms with Gasteiger partial charge in [0, 0.05) is 36.2 Å². The maximum absolute atomic E-state index is 6.21. The Morgan fingerprint density at radius 2 is 2.35 bits per heavy atom. The van der Waals surface area contributed by atoms with Gasteiger partial charge in [0.2, 0.25) is 0 Å². The molecule has 0 amide bonds. The normalized spacial score (nSPS) is 13.6. The van der Waals surface area contributed by atoms with Gasteiger partial charge in [-0.2, -0.15) is 0 Å². The van der Waals surface area contributed by atoms with Crippen LogP contribution in [0.5, 0.6) is 0 Å². The van der Waals surface area contributed by atoms with Crippen LogP contribution in [0.3, 0.4) is 0 Å². The molecule has 1 atom stereocenters. The summed E-state index contributed by atoms with van der Waals surface area (Å²) in [6.07, 6.45) is 5.14. The third-order valence-electron chi connectivity index (χ3n) is 2.54. The van der Waals surface area contributed by atoms with Crippen molar-refractivity contribution in [1.82, 2.24) is 14.7 Å². The number of rotatable bonds is 6. The average molecular weight is 272 g/mol. The van der Waals surface area contributed by atoms with Crippen LogP contribution in [0.4, 0.5) is 0 Å². The van der Waals surface area contributed by atoms with Crippen molar-refractivity contribution in [1.29, 1.82) is 0 Å². The fourth-order valence-electron chi connectivity index (χ4n) is 1.81. The highest BCUT2D eigenvalue weighted by atomic mass is 35.5. The van der Waals surface area contributed by atoms with E-state index in [1.165, 1.54) is 0 Å². The average Bonchev–Trinajstić information content (AvgIpc) is 2.76. The van der Waals surface area contributed by atoms with Crippen molar-refractivity contribution in [3.05, 3.63) is 23.5 Å². The van der Waals surface area contributed by atoms with Crippen molar-refractivity contribution in [2.45, 2.75) is 32.2 Å². The summed E-state index contributed by atoms with van der Waals surface area (Å²) in [5.74, 6) is 0.650. The summed E-state index contributed by atoms with van der Waals surface area (Å²) in [7, 11) is 0. The van der Waals surface area contributed by atoms with Gasteiger partial charge in [0.15, 0.2) is 4.96 Å². The van der Waals surface area contributed by atoms with E-state index in [9.17, 15) is 0 Å². The number of thiazole rings is 1. The smallest absolute Gasteiger partial charge is 0.193 e. The van der Waals surface area contributed by atoms with E-state index in [0.717, 1.165) is 30.2 Å². The molecule has 2 rings (SSSR count). The molecular formula is C12H18ClN3S. The third kappa shape index (κ3) is 3.69. The Balaban J connectivity index is 1.77. The predicted molar refractivity (Wildman–Crippen MR) is 73.9 cm³/mol. The van der Waals surface area contributed by atoms with Crippen LogP contribution in [-0.4, -0.2) is 21.3 Å². The Morgan fingerprint density at radius 1 is 1.53 bits per heavy atom. The van der Waals surface area contributed by atoms with E-state index in [0.29, 0.717) is 5.92 Å². The summed E-state index contributed by atoms with van der Waals surface area (Å²) in [5, 5.41) is 5.60. The van der Waals surface area contributed by atoms with Crippen molar-refractivity contribution >= 4 is 27.9 Å². The monoisotopic (exact) mass is 271 g/mol. The molecule has 1 N–H and O–H groups in total. The molecule has 0 fully saturated rings. The number of aromatic nitrogens is 2. The standard InChI is InChI=1S/C12H18ClN3S/c1-9(2)5-10(13)6-14-7-11-8-16-3-4-17-12(16)15-11/h3-4,8-10,14H,5-7H2,1-2H3. The minimum Gasteiger partial charge on any atom is -0.310 e. The molecule has 2 aromatic rings. The van der Waals surface area contributed by atoms with Crippen LogP contribution in [-0.2, 0) is 6.54 Å². The maximum atomic E-state index is 6.21. The van der Waals surface area contributed by atoms with Crippen LogP contribution in [0.15, 0.2) is 17.8 Å². The van der Waals surface area contributed by atoms with Gasteiger partial charge in [-0.3, -0.25) is 4.40 Å². The summed E-state index contributed by atoms with van der Waals surface area (Å²) < 4.78 is 2.05. The lowest BCUT2D eigenvalue weighted by molar-refractivity contribution is 0.532. The molecular weight excluding hydrogens is 254 g/mol. The summed E-state index contributed by atoms with van der Waals surface area (Å²) >= 11 is 7.87. The largest absolute Gasteiger partial charge is 0.310 e. The van der Waals surface area contributed by atoms with Crippen molar-refractivity contribution in [3.8, 4) is 0 Å². The molecule has 0 saturated carbocycles. The van der Waals surface area contributed by atoms with E-state index in [1.54, 1.807) is 11.3 Å². The van der Waals surface area contributed by atoms with Crippen LogP contribution in [0, 0.1) is 5.92 Å². The van der Waals surface area contributed by atoms with E-state index in [2.05, 4.69) is 30.3 Å². The van der Waals surface area contributed by atoms with E-state index in [4.69, 9.17) is 11.6 Å². The van der Waals surface area contributed by atoms with Gasteiger partial charge in [-0.05, 0) is 12.3 Å². The van der Waals surface area contributed by atoms with Crippen molar-refractivity contribution < 1.29 is 0 Å². The van der Waals surface area contributed by atoms with Crippen molar-refractivity contribution in [3.63, 3.8) is 0 Å². The highest BCUT2D eigenvalue weighted by molar-refractivity contribution is 7.15. The number of nitrogens with one attached hydrogen (secondary N) is 1. The molecule has 5 heteroatoms. The van der Waals surface area contributed by atoms with Crippen molar-refractivity contribution in [2.24, 2.45) is 5.92 Å². The number of imidazole rings is 1. The molecule has 0 aliphatic rings. The van der Waals surface area contributed by atoms with Crippen LogP contribution < -0.4 is 5.32 Å². The topological polar surface area (TPSA) is 29.3 Å². The van der Waals surface area contributed by atoms with E-state index in [1.807, 2.05) is 16.0 Å². The zero-order valence-corrected chi connectivity index (χ0v) is 11.8. The van der Waals surface area contributed by atoms with Crippen LogP contribution in [0.25, 0.3) is 4.96 Å². The molecule has 0 radical (unpaired) electrons. The molecule has 0 aliphatic heterocycles. The number of hydrogen-bond donors (Lipinski definition) is 1. The molecule has 94 valence electrons. The molecule has 1 unspecified atom stereocenters. The Morgan fingerprint density at radius 3 is 3.06 bits per heavy atom. The number of halogens is 1. The Hall–Kier alpha value is -0.580. The van der Waals surface area contributed by atoms with Gasteiger partial charge in [0.05, 0.1) is 5.69 Å². The fourth-order valence-corrected chi connectivity index (χ4v) is 3.00. The first-order valence-electron chi connectivity index (χ1n) is 5.91. The number of alkyl halides is 1. The Bertz CT molecular complexity index is 434.